The normalized spacial score (nSPS) is 11.8. The fraction of sp³-hybridized carbons (Fsp3) is 0.364. The van der Waals surface area contributed by atoms with Crippen LogP contribution in [0.3, 0.4) is 0 Å². The maximum Gasteiger partial charge on any atom is 0.247 e. The maximum atomic E-state index is 11.3. The van der Waals surface area contributed by atoms with Crippen molar-refractivity contribution in [1.82, 2.24) is 13.9 Å². The summed E-state index contributed by atoms with van der Waals surface area (Å²) in [5, 5.41) is 8.50. The second-order valence-corrected chi connectivity index (χ2v) is 7.01. The Labute approximate surface area is 131 Å². The van der Waals surface area contributed by atoms with Crippen molar-refractivity contribution in [1.29, 1.82) is 0 Å². The Morgan fingerprint density at radius 2 is 2.00 bits per heavy atom. The van der Waals surface area contributed by atoms with Gasteiger partial charge in [-0.2, -0.15) is 0 Å². The lowest BCUT2D eigenvalue weighted by molar-refractivity contribution is 0.606. The number of nitrogens with one attached hydrogen (secondary N) is 1. The van der Waals surface area contributed by atoms with E-state index in [-0.39, 0.29) is 5.95 Å². The highest BCUT2D eigenvalue weighted by Gasteiger charge is 2.15. The zero-order chi connectivity index (χ0) is 16.5. The van der Waals surface area contributed by atoms with Crippen molar-refractivity contribution in [2.45, 2.75) is 13.8 Å². The summed E-state index contributed by atoms with van der Waals surface area (Å²) in [6.45, 7) is 10.5. The first kappa shape index (κ1) is 16.1. The van der Waals surface area contributed by atoms with E-state index in [1.54, 1.807) is 20.9 Å². The molecule has 116 valence electrons. The second kappa shape index (κ2) is 5.82. The van der Waals surface area contributed by atoms with Crippen molar-refractivity contribution in [2.75, 3.05) is 11.0 Å². The molecule has 11 heteroatoms. The standard InChI is InChI=1S/C11H13N7O2S2/c1-6-8(12-3)10(21-16-6)15-14-9-7(2)13-11(18(9)4)17-22(5,19)20/h1-2,4-5H3,(H,13,17). The highest BCUT2D eigenvalue weighted by atomic mass is 32.2. The van der Waals surface area contributed by atoms with E-state index < -0.39 is 10.0 Å². The fourth-order valence-corrected chi connectivity index (χ4v) is 2.84. The van der Waals surface area contributed by atoms with Crippen LogP contribution in [0, 0.1) is 20.4 Å². The molecule has 0 bridgehead atoms. The molecule has 2 aromatic rings. The minimum Gasteiger partial charge on any atom is -0.296 e. The SMILES string of the molecule is [C-]#[N+]c1c(C)nsc1N=Nc1c(C)nc(NS(C)(=O)=O)n1C. The highest BCUT2D eigenvalue weighted by Crippen LogP contribution is 2.37. The van der Waals surface area contributed by atoms with E-state index in [1.165, 1.54) is 4.57 Å². The molecule has 2 heterocycles. The lowest BCUT2D eigenvalue weighted by Crippen LogP contribution is -2.13. The van der Waals surface area contributed by atoms with Crippen LogP contribution >= 0.6 is 11.5 Å². The zero-order valence-electron chi connectivity index (χ0n) is 12.3. The summed E-state index contributed by atoms with van der Waals surface area (Å²) in [7, 11) is -1.81. The molecule has 2 rings (SSSR count). The van der Waals surface area contributed by atoms with Crippen LogP contribution in [-0.2, 0) is 17.1 Å². The minimum absolute atomic E-state index is 0.153. The number of hydrogen-bond donors (Lipinski definition) is 1. The molecule has 22 heavy (non-hydrogen) atoms. The van der Waals surface area contributed by atoms with Crippen LogP contribution in [0.1, 0.15) is 11.4 Å². The third-order valence-electron chi connectivity index (χ3n) is 2.67. The number of sulfonamides is 1. The average Bonchev–Trinajstić information content (AvgIpc) is 2.87. The van der Waals surface area contributed by atoms with Crippen molar-refractivity contribution < 1.29 is 8.42 Å². The zero-order valence-corrected chi connectivity index (χ0v) is 13.9. The maximum absolute atomic E-state index is 11.3. The lowest BCUT2D eigenvalue weighted by atomic mass is 10.4. The minimum atomic E-state index is -3.43. The first-order valence-electron chi connectivity index (χ1n) is 5.99. The van der Waals surface area contributed by atoms with Gasteiger partial charge in [0.25, 0.3) is 0 Å². The molecule has 0 aliphatic rings. The Balaban J connectivity index is 2.38. The Kier molecular flexibility index (Phi) is 4.25. The fourth-order valence-electron chi connectivity index (χ4n) is 1.66. The van der Waals surface area contributed by atoms with E-state index in [4.69, 9.17) is 6.57 Å². The summed E-state index contributed by atoms with van der Waals surface area (Å²) >= 11 is 1.08. The molecule has 0 unspecified atom stereocenters. The lowest BCUT2D eigenvalue weighted by Gasteiger charge is -2.03. The van der Waals surface area contributed by atoms with Crippen LogP contribution in [0.2, 0.25) is 0 Å². The molecule has 0 atom stereocenters. The molecule has 0 spiro atoms. The number of azo groups is 1. The van der Waals surface area contributed by atoms with Gasteiger partial charge in [0.2, 0.25) is 21.7 Å². The van der Waals surface area contributed by atoms with E-state index in [0.29, 0.717) is 27.9 Å². The highest BCUT2D eigenvalue weighted by molar-refractivity contribution is 7.92. The van der Waals surface area contributed by atoms with Crippen LogP contribution in [0.15, 0.2) is 10.2 Å². The molecule has 0 amide bonds. The molecule has 0 saturated heterocycles. The predicted molar refractivity (Wildman–Crippen MR) is 83.7 cm³/mol. The Hall–Kier alpha value is -2.32. The van der Waals surface area contributed by atoms with Crippen LogP contribution in [0.5, 0.6) is 0 Å². The third-order valence-corrected chi connectivity index (χ3v) is 4.04. The molecule has 9 nitrogen and oxygen atoms in total. The molecule has 0 aliphatic carbocycles. The quantitative estimate of drug-likeness (QED) is 0.682. The van der Waals surface area contributed by atoms with Crippen molar-refractivity contribution in [3.8, 4) is 0 Å². The van der Waals surface area contributed by atoms with Gasteiger partial charge in [-0.05, 0) is 25.4 Å². The summed E-state index contributed by atoms with van der Waals surface area (Å²) in [6, 6.07) is 0. The van der Waals surface area contributed by atoms with Gasteiger partial charge in [0, 0.05) is 7.05 Å². The van der Waals surface area contributed by atoms with Gasteiger partial charge in [-0.15, -0.1) is 10.2 Å². The first-order valence-corrected chi connectivity index (χ1v) is 8.66. The first-order chi connectivity index (χ1) is 10.2. The van der Waals surface area contributed by atoms with Crippen LogP contribution in [0.4, 0.5) is 22.5 Å². The number of aromatic nitrogens is 3. The predicted octanol–water partition coefficient (Wildman–Crippen LogP) is 2.83. The summed E-state index contributed by atoms with van der Waals surface area (Å²) < 4.78 is 30.4. The van der Waals surface area contributed by atoms with Gasteiger partial charge in [0.15, 0.2) is 10.8 Å². The Morgan fingerprint density at radius 1 is 1.32 bits per heavy atom. The summed E-state index contributed by atoms with van der Waals surface area (Å²) in [6.07, 6.45) is 1.04. The average molecular weight is 339 g/mol. The number of nitrogens with zero attached hydrogens (tertiary/aromatic N) is 6. The largest absolute Gasteiger partial charge is 0.296 e. The molecular weight excluding hydrogens is 326 g/mol. The molecule has 0 aliphatic heterocycles. The van der Waals surface area contributed by atoms with Crippen molar-refractivity contribution >= 4 is 44.0 Å². The van der Waals surface area contributed by atoms with Gasteiger partial charge >= 0.3 is 0 Å². The summed E-state index contributed by atoms with van der Waals surface area (Å²) in [5.74, 6) is 0.549. The number of anilines is 1. The molecule has 1 N–H and O–H groups in total. The van der Waals surface area contributed by atoms with Crippen LogP contribution in [0.25, 0.3) is 4.85 Å². The molecular formula is C11H13N7O2S2. The monoisotopic (exact) mass is 339 g/mol. The van der Waals surface area contributed by atoms with E-state index in [1.807, 2.05) is 0 Å². The summed E-state index contributed by atoms with van der Waals surface area (Å²) in [5.41, 5.74) is 1.49. The topological polar surface area (TPSA) is 106 Å². The molecule has 0 fully saturated rings. The number of imidazole rings is 1. The van der Waals surface area contributed by atoms with E-state index in [0.717, 1.165) is 17.8 Å². The number of hydrogen-bond acceptors (Lipinski definition) is 7. The van der Waals surface area contributed by atoms with Gasteiger partial charge in [0.05, 0.1) is 24.2 Å². The van der Waals surface area contributed by atoms with Gasteiger partial charge < -0.3 is 0 Å². The van der Waals surface area contributed by atoms with E-state index >= 15 is 0 Å². The van der Waals surface area contributed by atoms with Gasteiger partial charge in [-0.25, -0.2) is 22.6 Å². The van der Waals surface area contributed by atoms with E-state index in [9.17, 15) is 8.42 Å². The van der Waals surface area contributed by atoms with E-state index in [2.05, 4.69) is 29.2 Å². The van der Waals surface area contributed by atoms with Gasteiger partial charge in [-0.3, -0.25) is 9.29 Å². The molecule has 0 saturated carbocycles. The van der Waals surface area contributed by atoms with Crippen molar-refractivity contribution in [3.05, 3.63) is 22.8 Å². The van der Waals surface area contributed by atoms with Crippen LogP contribution < -0.4 is 4.72 Å². The third kappa shape index (κ3) is 3.29. The van der Waals surface area contributed by atoms with Crippen molar-refractivity contribution in [2.24, 2.45) is 17.3 Å². The van der Waals surface area contributed by atoms with Crippen LogP contribution in [-0.4, -0.2) is 28.6 Å². The Morgan fingerprint density at radius 3 is 2.59 bits per heavy atom. The number of rotatable bonds is 4. The van der Waals surface area contributed by atoms with Crippen molar-refractivity contribution in [3.63, 3.8) is 0 Å². The van der Waals surface area contributed by atoms with Gasteiger partial charge in [-0.1, -0.05) is 0 Å². The van der Waals surface area contributed by atoms with Gasteiger partial charge in [0.1, 0.15) is 0 Å². The summed E-state index contributed by atoms with van der Waals surface area (Å²) in [4.78, 5) is 7.47. The molecule has 0 radical (unpaired) electrons. The molecule has 2 aromatic heterocycles. The smallest absolute Gasteiger partial charge is 0.247 e. The number of aryl methyl sites for hydroxylation is 2. The molecule has 0 aromatic carbocycles. The Bertz CT molecular complexity index is 886. The second-order valence-electron chi connectivity index (χ2n) is 4.51.